The Morgan fingerprint density at radius 2 is 2.19 bits per heavy atom. The van der Waals surface area contributed by atoms with Gasteiger partial charge in [-0.05, 0) is 31.0 Å². The lowest BCUT2D eigenvalue weighted by atomic mass is 10.1. The number of hydrogen-bond acceptors (Lipinski definition) is 6. The Hall–Kier alpha value is -2.03. The maximum absolute atomic E-state index is 13.2. The molecule has 1 fully saturated rings. The number of nitrogens with zero attached hydrogens (tertiary/aromatic N) is 3. The van der Waals surface area contributed by atoms with Gasteiger partial charge in [-0.1, -0.05) is 16.8 Å². The quantitative estimate of drug-likeness (QED) is 0.715. The highest BCUT2D eigenvalue weighted by Crippen LogP contribution is 2.20. The normalized spacial score (nSPS) is 15.3. The summed E-state index contributed by atoms with van der Waals surface area (Å²) in [4.78, 5) is 18.4. The highest BCUT2D eigenvalue weighted by atomic mass is 35.5. The fraction of sp³-hybridized carbons (Fsp3) is 0.500. The topological polar surface area (TPSA) is 77.7 Å². The molecule has 7 nitrogen and oxygen atoms in total. The smallest absolute Gasteiger partial charge is 0.253 e. The third kappa shape index (κ3) is 5.24. The van der Waals surface area contributed by atoms with Crippen LogP contribution in [0.25, 0.3) is 0 Å². The van der Waals surface area contributed by atoms with E-state index in [1.807, 2.05) is 0 Å². The van der Waals surface area contributed by atoms with E-state index < -0.39 is 5.82 Å². The minimum absolute atomic E-state index is 0.0470. The summed E-state index contributed by atoms with van der Waals surface area (Å²) in [6.45, 7) is 1.94. The number of amides is 1. The van der Waals surface area contributed by atoms with E-state index in [4.69, 9.17) is 25.6 Å². The number of carbonyl (C=O) groups excluding carboxylic acids is 1. The van der Waals surface area contributed by atoms with Crippen molar-refractivity contribution in [2.75, 3.05) is 26.8 Å². The Bertz CT molecular complexity index is 778. The van der Waals surface area contributed by atoms with Gasteiger partial charge in [-0.2, -0.15) is 4.98 Å². The van der Waals surface area contributed by atoms with Crippen LogP contribution in [0, 0.1) is 5.82 Å². The SMILES string of the molecule is COCc1nc(CCOC2CCN(C(=O)c3ccc(F)c(Cl)c3)CC2)no1. The predicted octanol–water partition coefficient (Wildman–Crippen LogP) is 2.87. The molecule has 0 spiro atoms. The molecule has 0 N–H and O–H groups in total. The van der Waals surface area contributed by atoms with Crippen LogP contribution in [0.2, 0.25) is 5.02 Å². The van der Waals surface area contributed by atoms with Crippen LogP contribution in [-0.2, 0) is 22.5 Å². The Labute approximate surface area is 161 Å². The Morgan fingerprint density at radius 1 is 1.41 bits per heavy atom. The number of rotatable bonds is 7. The fourth-order valence-electron chi connectivity index (χ4n) is 2.93. The molecule has 3 rings (SSSR count). The van der Waals surface area contributed by atoms with Crippen molar-refractivity contribution < 1.29 is 23.2 Å². The lowest BCUT2D eigenvalue weighted by Gasteiger charge is -2.32. The van der Waals surface area contributed by atoms with E-state index in [9.17, 15) is 9.18 Å². The van der Waals surface area contributed by atoms with Crippen LogP contribution < -0.4 is 0 Å². The molecule has 2 aromatic rings. The second kappa shape index (κ2) is 9.25. The molecule has 0 radical (unpaired) electrons. The highest BCUT2D eigenvalue weighted by Gasteiger charge is 2.24. The monoisotopic (exact) mass is 397 g/mol. The molecular weight excluding hydrogens is 377 g/mol. The lowest BCUT2D eigenvalue weighted by Crippen LogP contribution is -2.41. The van der Waals surface area contributed by atoms with Crippen molar-refractivity contribution >= 4 is 17.5 Å². The van der Waals surface area contributed by atoms with Gasteiger partial charge in [0, 0.05) is 32.2 Å². The summed E-state index contributed by atoms with van der Waals surface area (Å²) in [6.07, 6.45) is 2.11. The first-order chi connectivity index (χ1) is 13.1. The number of halogens is 2. The van der Waals surface area contributed by atoms with E-state index in [0.29, 0.717) is 50.0 Å². The maximum Gasteiger partial charge on any atom is 0.253 e. The average Bonchev–Trinajstić information content (AvgIpc) is 3.12. The Morgan fingerprint density at radius 3 is 2.89 bits per heavy atom. The zero-order valence-corrected chi connectivity index (χ0v) is 15.7. The molecule has 1 amide bonds. The lowest BCUT2D eigenvalue weighted by molar-refractivity contribution is 0.00947. The van der Waals surface area contributed by atoms with E-state index in [2.05, 4.69) is 10.1 Å². The summed E-state index contributed by atoms with van der Waals surface area (Å²) >= 11 is 5.76. The van der Waals surface area contributed by atoms with Crippen LogP contribution in [-0.4, -0.2) is 53.9 Å². The summed E-state index contributed by atoms with van der Waals surface area (Å²) in [5.41, 5.74) is 0.393. The summed E-state index contributed by atoms with van der Waals surface area (Å²) in [5, 5.41) is 3.82. The van der Waals surface area contributed by atoms with E-state index >= 15 is 0 Å². The molecule has 1 aromatic heterocycles. The first-order valence-corrected chi connectivity index (χ1v) is 9.11. The minimum atomic E-state index is -0.531. The molecule has 0 saturated carbocycles. The van der Waals surface area contributed by atoms with Crippen molar-refractivity contribution in [1.29, 1.82) is 0 Å². The second-order valence-corrected chi connectivity index (χ2v) is 6.69. The summed E-state index contributed by atoms with van der Waals surface area (Å²) in [7, 11) is 1.56. The van der Waals surface area contributed by atoms with Crippen molar-refractivity contribution in [3.05, 3.63) is 46.3 Å². The van der Waals surface area contributed by atoms with Crippen LogP contribution in [0.5, 0.6) is 0 Å². The van der Waals surface area contributed by atoms with Gasteiger partial charge in [0.25, 0.3) is 11.8 Å². The van der Waals surface area contributed by atoms with Gasteiger partial charge in [0.05, 0.1) is 17.7 Å². The number of likely N-dealkylation sites (tertiary alicyclic amines) is 1. The molecule has 0 atom stereocenters. The van der Waals surface area contributed by atoms with Gasteiger partial charge in [-0.25, -0.2) is 4.39 Å². The molecule has 146 valence electrons. The van der Waals surface area contributed by atoms with Crippen LogP contribution in [0.4, 0.5) is 4.39 Å². The molecule has 0 bridgehead atoms. The van der Waals surface area contributed by atoms with Crippen molar-refractivity contribution in [2.24, 2.45) is 0 Å². The number of methoxy groups -OCH3 is 1. The number of aromatic nitrogens is 2. The highest BCUT2D eigenvalue weighted by molar-refractivity contribution is 6.31. The second-order valence-electron chi connectivity index (χ2n) is 6.28. The molecule has 27 heavy (non-hydrogen) atoms. The molecule has 1 aliphatic heterocycles. The average molecular weight is 398 g/mol. The van der Waals surface area contributed by atoms with Gasteiger partial charge in [-0.3, -0.25) is 4.79 Å². The third-order valence-corrected chi connectivity index (χ3v) is 4.64. The van der Waals surface area contributed by atoms with E-state index in [1.54, 1.807) is 12.0 Å². The van der Waals surface area contributed by atoms with E-state index in [0.717, 1.165) is 12.8 Å². The number of benzene rings is 1. The molecule has 1 aliphatic rings. The largest absolute Gasteiger partial charge is 0.378 e. The first kappa shape index (κ1) is 19.7. The number of carbonyl (C=O) groups is 1. The molecule has 9 heteroatoms. The van der Waals surface area contributed by atoms with E-state index in [1.165, 1.54) is 18.2 Å². The summed E-state index contributed by atoms with van der Waals surface area (Å²) in [6, 6.07) is 4.03. The molecule has 1 saturated heterocycles. The van der Waals surface area contributed by atoms with Crippen LogP contribution >= 0.6 is 11.6 Å². The van der Waals surface area contributed by atoms with Gasteiger partial charge in [-0.15, -0.1) is 0 Å². The predicted molar refractivity (Wildman–Crippen MR) is 95.0 cm³/mol. The summed E-state index contributed by atoms with van der Waals surface area (Å²) in [5.74, 6) is 0.354. The maximum atomic E-state index is 13.2. The standard InChI is InChI=1S/C18H21ClFN3O4/c1-25-11-17-21-16(22-27-17)6-9-26-13-4-7-23(8-5-13)18(24)12-2-3-15(20)14(19)10-12/h2-3,10,13H,4-9,11H2,1H3. The third-order valence-electron chi connectivity index (χ3n) is 4.35. The number of hydrogen-bond donors (Lipinski definition) is 0. The number of ether oxygens (including phenoxy) is 2. The van der Waals surface area contributed by atoms with E-state index in [-0.39, 0.29) is 17.0 Å². The van der Waals surface area contributed by atoms with Crippen LogP contribution in [0.3, 0.4) is 0 Å². The van der Waals surface area contributed by atoms with Crippen molar-refractivity contribution in [1.82, 2.24) is 15.0 Å². The zero-order valence-electron chi connectivity index (χ0n) is 15.0. The van der Waals surface area contributed by atoms with Crippen LogP contribution in [0.1, 0.15) is 34.9 Å². The van der Waals surface area contributed by atoms with Gasteiger partial charge in [0.15, 0.2) is 5.82 Å². The fourth-order valence-corrected chi connectivity index (χ4v) is 3.11. The van der Waals surface area contributed by atoms with Crippen LogP contribution in [0.15, 0.2) is 22.7 Å². The molecular formula is C18H21ClFN3O4. The number of piperidine rings is 1. The Balaban J connectivity index is 1.41. The van der Waals surface area contributed by atoms with Gasteiger partial charge < -0.3 is 18.9 Å². The first-order valence-electron chi connectivity index (χ1n) is 8.73. The zero-order chi connectivity index (χ0) is 19.2. The minimum Gasteiger partial charge on any atom is -0.378 e. The van der Waals surface area contributed by atoms with Gasteiger partial charge in [0.1, 0.15) is 12.4 Å². The van der Waals surface area contributed by atoms with Gasteiger partial charge >= 0.3 is 0 Å². The molecule has 0 unspecified atom stereocenters. The summed E-state index contributed by atoms with van der Waals surface area (Å²) < 4.78 is 29.1. The van der Waals surface area contributed by atoms with Crippen molar-refractivity contribution in [3.63, 3.8) is 0 Å². The molecule has 1 aromatic carbocycles. The van der Waals surface area contributed by atoms with Crippen molar-refractivity contribution in [3.8, 4) is 0 Å². The molecule has 2 heterocycles. The van der Waals surface area contributed by atoms with Crippen molar-refractivity contribution in [2.45, 2.75) is 32.0 Å². The van der Waals surface area contributed by atoms with Gasteiger partial charge in [0.2, 0.25) is 0 Å². The Kier molecular flexibility index (Phi) is 6.76. The molecule has 0 aliphatic carbocycles.